The fourth-order valence-electron chi connectivity index (χ4n) is 0.958. The standard InChI is InChI=1S/C10H11BrO2S/c1-14(2,13)7-10(12)8-3-5-9(11)6-4-8/h3-7H,1-2H3/p+1. The number of aliphatic hydroxyl groups is 1. The molecule has 0 aliphatic carbocycles. The molecule has 0 heterocycles. The van der Waals surface area contributed by atoms with E-state index in [1.807, 2.05) is 12.1 Å². The molecule has 0 aromatic heterocycles. The fourth-order valence-corrected chi connectivity index (χ4v) is 1.90. The van der Waals surface area contributed by atoms with Crippen molar-refractivity contribution in [3.63, 3.8) is 0 Å². The quantitative estimate of drug-likeness (QED) is 0.665. The molecule has 76 valence electrons. The number of benzene rings is 1. The third kappa shape index (κ3) is 3.64. The Morgan fingerprint density at radius 2 is 1.86 bits per heavy atom. The molecule has 0 unspecified atom stereocenters. The number of aliphatic hydroxyl groups excluding tert-OH is 1. The van der Waals surface area contributed by atoms with Gasteiger partial charge in [-0.15, -0.1) is 4.21 Å². The molecule has 0 atom stereocenters. The van der Waals surface area contributed by atoms with Crippen LogP contribution in [0, 0.1) is 0 Å². The van der Waals surface area contributed by atoms with Crippen LogP contribution in [0.4, 0.5) is 0 Å². The first-order chi connectivity index (χ1) is 6.38. The van der Waals surface area contributed by atoms with E-state index < -0.39 is 9.93 Å². The van der Waals surface area contributed by atoms with Gasteiger partial charge in [0, 0.05) is 10.0 Å². The highest BCUT2D eigenvalue weighted by molar-refractivity contribution is 9.10. The molecule has 0 aliphatic heterocycles. The van der Waals surface area contributed by atoms with Gasteiger partial charge >= 0.3 is 0 Å². The zero-order valence-corrected chi connectivity index (χ0v) is 10.4. The average Bonchev–Trinajstić information content (AvgIpc) is 2.02. The summed E-state index contributed by atoms with van der Waals surface area (Å²) in [4.78, 5) is 0. The average molecular weight is 276 g/mol. The van der Waals surface area contributed by atoms with Crippen LogP contribution in [0.5, 0.6) is 0 Å². The number of hydrogen-bond donors (Lipinski definition) is 1. The molecule has 1 aromatic carbocycles. The molecule has 1 rings (SSSR count). The number of hydrogen-bond acceptors (Lipinski definition) is 2. The largest absolute Gasteiger partial charge is 0.503 e. The Hall–Kier alpha value is -0.610. The molecule has 0 saturated heterocycles. The van der Waals surface area contributed by atoms with Crippen molar-refractivity contribution in [1.82, 2.24) is 0 Å². The van der Waals surface area contributed by atoms with Crippen LogP contribution in [0.2, 0.25) is 0 Å². The van der Waals surface area contributed by atoms with Crippen molar-refractivity contribution < 1.29 is 9.32 Å². The highest BCUT2D eigenvalue weighted by Crippen LogP contribution is 2.17. The van der Waals surface area contributed by atoms with Gasteiger partial charge in [-0.25, -0.2) is 0 Å². The lowest BCUT2D eigenvalue weighted by atomic mass is 10.2. The molecular weight excluding hydrogens is 264 g/mol. The lowest BCUT2D eigenvalue weighted by Crippen LogP contribution is -2.00. The molecule has 0 saturated carbocycles. The van der Waals surface area contributed by atoms with Crippen molar-refractivity contribution in [2.75, 3.05) is 12.5 Å². The minimum Gasteiger partial charge on any atom is -0.503 e. The second-order valence-electron chi connectivity index (χ2n) is 3.32. The van der Waals surface area contributed by atoms with E-state index in [0.717, 1.165) is 4.47 Å². The van der Waals surface area contributed by atoms with Gasteiger partial charge in [-0.3, -0.25) is 0 Å². The molecule has 14 heavy (non-hydrogen) atoms. The van der Waals surface area contributed by atoms with E-state index in [4.69, 9.17) is 0 Å². The topological polar surface area (TPSA) is 37.3 Å². The van der Waals surface area contributed by atoms with Gasteiger partial charge in [0.25, 0.3) is 0 Å². The van der Waals surface area contributed by atoms with Crippen molar-refractivity contribution in [2.45, 2.75) is 0 Å². The lowest BCUT2D eigenvalue weighted by Gasteiger charge is -1.99. The first-order valence-corrected chi connectivity index (χ1v) is 7.22. The molecule has 0 amide bonds. The minimum absolute atomic E-state index is 0.0625. The third-order valence-corrected chi connectivity index (χ3v) is 2.85. The summed E-state index contributed by atoms with van der Waals surface area (Å²) in [5, 5.41) is 11.0. The zero-order chi connectivity index (χ0) is 10.8. The van der Waals surface area contributed by atoms with E-state index in [1.165, 1.54) is 5.41 Å². The van der Waals surface area contributed by atoms with E-state index in [9.17, 15) is 9.32 Å². The Balaban J connectivity index is 3.01. The fraction of sp³-hybridized carbons (Fsp3) is 0.200. The Bertz CT molecular complexity index is 389. The lowest BCUT2D eigenvalue weighted by molar-refractivity contribution is 0.512. The number of halogens is 1. The maximum absolute atomic E-state index is 11.4. The van der Waals surface area contributed by atoms with E-state index in [1.54, 1.807) is 24.6 Å². The summed E-state index contributed by atoms with van der Waals surface area (Å²) in [6.07, 6.45) is 3.17. The summed E-state index contributed by atoms with van der Waals surface area (Å²) in [6.45, 7) is 0. The molecule has 0 spiro atoms. The molecule has 1 N–H and O–H groups in total. The van der Waals surface area contributed by atoms with Crippen molar-refractivity contribution in [1.29, 1.82) is 0 Å². The molecule has 1 aromatic rings. The summed E-state index contributed by atoms with van der Waals surface area (Å²) in [7, 11) is -2.06. The summed E-state index contributed by atoms with van der Waals surface area (Å²) in [5.74, 6) is 0.0625. The van der Waals surface area contributed by atoms with Crippen LogP contribution in [-0.4, -0.2) is 17.6 Å². The molecule has 0 bridgehead atoms. The Morgan fingerprint density at radius 1 is 1.36 bits per heavy atom. The van der Waals surface area contributed by atoms with E-state index in [-0.39, 0.29) is 5.76 Å². The van der Waals surface area contributed by atoms with E-state index in [2.05, 4.69) is 15.9 Å². The second-order valence-corrected chi connectivity index (χ2v) is 7.09. The first kappa shape index (κ1) is 11.5. The maximum Gasteiger partial charge on any atom is 0.170 e. The van der Waals surface area contributed by atoms with Crippen molar-refractivity contribution in [3.8, 4) is 0 Å². The predicted molar refractivity (Wildman–Crippen MR) is 64.6 cm³/mol. The summed E-state index contributed by atoms with van der Waals surface area (Å²) < 4.78 is 12.3. The Morgan fingerprint density at radius 3 is 2.29 bits per heavy atom. The Kier molecular flexibility index (Phi) is 3.50. The second kappa shape index (κ2) is 4.28. The van der Waals surface area contributed by atoms with Gasteiger partial charge in [-0.1, -0.05) is 15.9 Å². The normalized spacial score (nSPS) is 12.9. The summed E-state index contributed by atoms with van der Waals surface area (Å²) in [6, 6.07) is 7.18. The third-order valence-electron chi connectivity index (χ3n) is 1.54. The predicted octanol–water partition coefficient (Wildman–Crippen LogP) is 3.06. The summed E-state index contributed by atoms with van der Waals surface area (Å²) >= 11 is 3.30. The van der Waals surface area contributed by atoms with Crippen molar-refractivity contribution in [2.24, 2.45) is 0 Å². The molecule has 0 radical (unpaired) electrons. The zero-order valence-electron chi connectivity index (χ0n) is 8.03. The van der Waals surface area contributed by atoms with Crippen LogP contribution in [-0.2, 0) is 14.1 Å². The highest BCUT2D eigenvalue weighted by atomic mass is 79.9. The molecular formula is C10H12BrO2S+. The van der Waals surface area contributed by atoms with Crippen LogP contribution < -0.4 is 0 Å². The van der Waals surface area contributed by atoms with Gasteiger partial charge in [0.15, 0.2) is 11.2 Å². The van der Waals surface area contributed by atoms with Crippen LogP contribution in [0.1, 0.15) is 5.56 Å². The van der Waals surface area contributed by atoms with Crippen LogP contribution in [0.25, 0.3) is 5.76 Å². The molecule has 4 heteroatoms. The summed E-state index contributed by atoms with van der Waals surface area (Å²) in [5.41, 5.74) is 0.671. The first-order valence-electron chi connectivity index (χ1n) is 3.99. The molecule has 0 fully saturated rings. The van der Waals surface area contributed by atoms with Gasteiger partial charge in [0.2, 0.25) is 0 Å². The van der Waals surface area contributed by atoms with Crippen LogP contribution in [0.3, 0.4) is 0 Å². The highest BCUT2D eigenvalue weighted by Gasteiger charge is 2.11. The molecule has 0 aliphatic rings. The van der Waals surface area contributed by atoms with Gasteiger partial charge in [-0.2, -0.15) is 0 Å². The van der Waals surface area contributed by atoms with Crippen molar-refractivity contribution >= 4 is 31.6 Å². The smallest absolute Gasteiger partial charge is 0.170 e. The van der Waals surface area contributed by atoms with E-state index >= 15 is 0 Å². The SMILES string of the molecule is C[S+](C)(=O)/C=C(\O)c1ccc(Br)cc1. The van der Waals surface area contributed by atoms with Gasteiger partial charge < -0.3 is 5.11 Å². The molecule has 2 nitrogen and oxygen atoms in total. The van der Waals surface area contributed by atoms with Gasteiger partial charge in [-0.05, 0) is 24.3 Å². The van der Waals surface area contributed by atoms with Gasteiger partial charge in [0.1, 0.15) is 22.4 Å². The van der Waals surface area contributed by atoms with Crippen LogP contribution in [0.15, 0.2) is 34.1 Å². The maximum atomic E-state index is 11.4. The Labute approximate surface area is 93.2 Å². The minimum atomic E-state index is -2.06. The van der Waals surface area contributed by atoms with Crippen LogP contribution >= 0.6 is 15.9 Å². The van der Waals surface area contributed by atoms with E-state index in [0.29, 0.717) is 5.56 Å². The van der Waals surface area contributed by atoms with Gasteiger partial charge in [0.05, 0.1) is 0 Å². The number of rotatable bonds is 2. The van der Waals surface area contributed by atoms with Crippen molar-refractivity contribution in [3.05, 3.63) is 39.7 Å². The monoisotopic (exact) mass is 275 g/mol.